The zero-order chi connectivity index (χ0) is 22.4. The summed E-state index contributed by atoms with van der Waals surface area (Å²) in [4.78, 5) is 42.6. The monoisotopic (exact) mass is 443 g/mol. The third-order valence-electron chi connectivity index (χ3n) is 4.82. The fraction of sp³-hybridized carbons (Fsp3) is 0.273. The van der Waals surface area contributed by atoms with E-state index in [1.165, 1.54) is 12.0 Å². The Bertz CT molecular complexity index is 1000. The number of nitrogens with zero attached hydrogens (tertiary/aromatic N) is 2. The number of carbonyl (C=O) groups is 3. The number of oxime groups is 1. The second kappa shape index (κ2) is 10.1. The molecule has 0 bridgehead atoms. The van der Waals surface area contributed by atoms with Crippen LogP contribution in [0, 0.1) is 0 Å². The Hall–Kier alpha value is -3.39. The number of ether oxygens (including phenoxy) is 1. The zero-order valence-corrected chi connectivity index (χ0v) is 17.7. The van der Waals surface area contributed by atoms with Gasteiger partial charge in [0.25, 0.3) is 11.8 Å². The first-order valence-corrected chi connectivity index (χ1v) is 10.1. The number of hydrogen-bond acceptors (Lipinski definition) is 6. The van der Waals surface area contributed by atoms with E-state index in [2.05, 4.69) is 5.16 Å². The lowest BCUT2D eigenvalue weighted by Crippen LogP contribution is -2.30. The van der Waals surface area contributed by atoms with Crippen molar-refractivity contribution in [3.8, 4) is 5.75 Å². The lowest BCUT2D eigenvalue weighted by Gasteiger charge is -2.13. The molecule has 0 aromatic heterocycles. The van der Waals surface area contributed by atoms with Crippen molar-refractivity contribution in [2.45, 2.75) is 25.7 Å². The number of amides is 2. The van der Waals surface area contributed by atoms with Gasteiger partial charge in [-0.25, -0.2) is 4.79 Å². The van der Waals surface area contributed by atoms with Crippen LogP contribution in [0.5, 0.6) is 5.75 Å². The normalized spacial score (nSPS) is 13.4. The van der Waals surface area contributed by atoms with Gasteiger partial charge in [-0.1, -0.05) is 35.3 Å². The maximum Gasteiger partial charge on any atom is 0.335 e. The molecule has 2 aromatic carbocycles. The summed E-state index contributed by atoms with van der Waals surface area (Å²) in [5.74, 6) is -0.666. The van der Waals surface area contributed by atoms with Crippen molar-refractivity contribution in [1.29, 1.82) is 0 Å². The first-order valence-electron chi connectivity index (χ1n) is 9.75. The van der Waals surface area contributed by atoms with E-state index in [0.29, 0.717) is 53.3 Å². The fourth-order valence-electron chi connectivity index (χ4n) is 3.23. The first kappa shape index (κ1) is 22.3. The number of benzene rings is 2. The summed E-state index contributed by atoms with van der Waals surface area (Å²) in [6, 6.07) is 11.6. The van der Waals surface area contributed by atoms with E-state index in [1.807, 2.05) is 0 Å². The molecule has 0 aliphatic carbocycles. The first-order chi connectivity index (χ1) is 14.9. The molecule has 31 heavy (non-hydrogen) atoms. The van der Waals surface area contributed by atoms with E-state index in [0.717, 1.165) is 0 Å². The Morgan fingerprint density at radius 2 is 1.74 bits per heavy atom. The summed E-state index contributed by atoms with van der Waals surface area (Å²) < 4.78 is 5.19. The number of methoxy groups -OCH3 is 1. The number of unbranched alkanes of at least 4 members (excludes halogenated alkanes) is 2. The molecule has 0 spiro atoms. The smallest absolute Gasteiger partial charge is 0.335 e. The molecule has 8 nitrogen and oxygen atoms in total. The number of fused-ring (bicyclic) bond motifs is 1. The van der Waals surface area contributed by atoms with Crippen LogP contribution < -0.4 is 10.5 Å². The van der Waals surface area contributed by atoms with Gasteiger partial charge >= 0.3 is 5.97 Å². The van der Waals surface area contributed by atoms with Gasteiger partial charge in [-0.05, 0) is 43.2 Å². The maximum absolute atomic E-state index is 12.3. The summed E-state index contributed by atoms with van der Waals surface area (Å²) in [5.41, 5.74) is 7.15. The standard InChI is InChI=1S/C22H22ClN3O5/c1-30-18-11-10-14(23)13-17(18)20(24)25-31-19(27)9-3-2-6-12-26-21(28)15-7-4-5-8-16(15)22(26)29/h4-5,7-8,10-11,13H,2-3,6,9,12H2,1H3,(H2,24,25). The van der Waals surface area contributed by atoms with Crippen LogP contribution in [-0.4, -0.2) is 42.2 Å². The van der Waals surface area contributed by atoms with Gasteiger partial charge in [0.2, 0.25) is 0 Å². The quantitative estimate of drug-likeness (QED) is 0.159. The Labute approximate surface area is 184 Å². The molecule has 3 rings (SSSR count). The Kier molecular flexibility index (Phi) is 7.25. The summed E-state index contributed by atoms with van der Waals surface area (Å²) in [7, 11) is 1.48. The minimum Gasteiger partial charge on any atom is -0.496 e. The van der Waals surface area contributed by atoms with Crippen LogP contribution in [0.3, 0.4) is 0 Å². The van der Waals surface area contributed by atoms with Crippen molar-refractivity contribution in [3.63, 3.8) is 0 Å². The molecule has 0 fully saturated rings. The van der Waals surface area contributed by atoms with Gasteiger partial charge in [-0.15, -0.1) is 0 Å². The molecular weight excluding hydrogens is 422 g/mol. The minimum atomic E-state index is -0.537. The van der Waals surface area contributed by atoms with Crippen molar-refractivity contribution in [2.75, 3.05) is 13.7 Å². The van der Waals surface area contributed by atoms with Crippen molar-refractivity contribution < 1.29 is 24.0 Å². The van der Waals surface area contributed by atoms with Crippen molar-refractivity contribution >= 4 is 35.2 Å². The lowest BCUT2D eigenvalue weighted by molar-refractivity contribution is -0.143. The average molecular weight is 444 g/mol. The largest absolute Gasteiger partial charge is 0.496 e. The van der Waals surface area contributed by atoms with Crippen molar-refractivity contribution in [1.82, 2.24) is 4.90 Å². The molecule has 0 unspecified atom stereocenters. The Morgan fingerprint density at radius 3 is 2.39 bits per heavy atom. The molecule has 0 saturated carbocycles. The van der Waals surface area contributed by atoms with E-state index >= 15 is 0 Å². The molecule has 1 heterocycles. The molecule has 1 aliphatic rings. The van der Waals surface area contributed by atoms with Gasteiger partial charge in [0.05, 0.1) is 23.8 Å². The van der Waals surface area contributed by atoms with E-state index in [4.69, 9.17) is 26.9 Å². The highest BCUT2D eigenvalue weighted by Crippen LogP contribution is 2.23. The zero-order valence-electron chi connectivity index (χ0n) is 17.0. The Balaban J connectivity index is 1.41. The highest BCUT2D eigenvalue weighted by Gasteiger charge is 2.34. The number of amidine groups is 1. The number of hydrogen-bond donors (Lipinski definition) is 1. The summed E-state index contributed by atoms with van der Waals surface area (Å²) >= 11 is 5.95. The molecule has 2 aromatic rings. The van der Waals surface area contributed by atoms with Crippen molar-refractivity contribution in [3.05, 3.63) is 64.2 Å². The highest BCUT2D eigenvalue weighted by atomic mass is 35.5. The number of halogens is 1. The molecule has 9 heteroatoms. The van der Waals surface area contributed by atoms with Crippen LogP contribution in [0.2, 0.25) is 5.02 Å². The molecule has 0 atom stereocenters. The fourth-order valence-corrected chi connectivity index (χ4v) is 3.41. The van der Waals surface area contributed by atoms with E-state index < -0.39 is 5.97 Å². The minimum absolute atomic E-state index is 0.0293. The molecule has 1 aliphatic heterocycles. The van der Waals surface area contributed by atoms with Gasteiger partial charge < -0.3 is 15.3 Å². The van der Waals surface area contributed by atoms with Crippen LogP contribution in [0.1, 0.15) is 52.0 Å². The SMILES string of the molecule is COc1ccc(Cl)cc1/C(N)=N/OC(=O)CCCCCN1C(=O)c2ccccc2C1=O. The third-order valence-corrected chi connectivity index (χ3v) is 5.06. The number of nitrogens with two attached hydrogens (primary N) is 1. The number of rotatable bonds is 9. The topological polar surface area (TPSA) is 111 Å². The van der Waals surface area contributed by atoms with Gasteiger partial charge in [-0.3, -0.25) is 14.5 Å². The molecule has 162 valence electrons. The predicted molar refractivity (Wildman–Crippen MR) is 115 cm³/mol. The summed E-state index contributed by atoms with van der Waals surface area (Å²) in [6.07, 6.45) is 1.89. The Morgan fingerprint density at radius 1 is 1.06 bits per heavy atom. The van der Waals surface area contributed by atoms with Gasteiger partial charge in [-0.2, -0.15) is 0 Å². The molecule has 0 radical (unpaired) electrons. The second-order valence-corrected chi connectivity index (χ2v) is 7.34. The van der Waals surface area contributed by atoms with Gasteiger partial charge in [0.15, 0.2) is 5.84 Å². The number of imide groups is 1. The van der Waals surface area contributed by atoms with Gasteiger partial charge in [0.1, 0.15) is 5.75 Å². The van der Waals surface area contributed by atoms with E-state index in [1.54, 1.807) is 42.5 Å². The molecule has 2 N–H and O–H groups in total. The molecule has 0 saturated heterocycles. The van der Waals surface area contributed by atoms with E-state index in [-0.39, 0.29) is 24.1 Å². The van der Waals surface area contributed by atoms with Gasteiger partial charge in [0, 0.05) is 18.0 Å². The lowest BCUT2D eigenvalue weighted by atomic mass is 10.1. The van der Waals surface area contributed by atoms with Crippen LogP contribution in [0.4, 0.5) is 0 Å². The third kappa shape index (κ3) is 5.21. The average Bonchev–Trinajstić information content (AvgIpc) is 3.02. The second-order valence-electron chi connectivity index (χ2n) is 6.90. The maximum atomic E-state index is 12.3. The summed E-state index contributed by atoms with van der Waals surface area (Å²) in [5, 5.41) is 4.10. The van der Waals surface area contributed by atoms with Crippen LogP contribution in [-0.2, 0) is 9.63 Å². The van der Waals surface area contributed by atoms with Crippen molar-refractivity contribution in [2.24, 2.45) is 10.9 Å². The molecular formula is C22H22ClN3O5. The van der Waals surface area contributed by atoms with E-state index in [9.17, 15) is 14.4 Å². The summed E-state index contributed by atoms with van der Waals surface area (Å²) in [6.45, 7) is 0.307. The van der Waals surface area contributed by atoms with Crippen LogP contribution in [0.15, 0.2) is 47.6 Å². The highest BCUT2D eigenvalue weighted by molar-refractivity contribution is 6.31. The predicted octanol–water partition coefficient (Wildman–Crippen LogP) is 3.37. The van der Waals surface area contributed by atoms with Crippen LogP contribution >= 0.6 is 11.6 Å². The molecule has 2 amide bonds. The van der Waals surface area contributed by atoms with Crippen LogP contribution in [0.25, 0.3) is 0 Å². The number of carbonyl (C=O) groups excluding carboxylic acids is 3.